The molecule has 2 aliphatic rings. The van der Waals surface area contributed by atoms with E-state index in [2.05, 4.69) is 31.1 Å². The molecule has 0 fully saturated rings. The van der Waals surface area contributed by atoms with Gasteiger partial charge in [0.25, 0.3) is 11.8 Å². The molecular weight excluding hydrogens is 502 g/mol. The smallest absolute Gasteiger partial charge is 0.307 e. The zero-order valence-electron chi connectivity index (χ0n) is 18.8. The number of azo groups is 1. The largest absolute Gasteiger partial charge is 0.469 e. The highest BCUT2D eigenvalue weighted by Crippen LogP contribution is 2.40. The van der Waals surface area contributed by atoms with Crippen LogP contribution in [0.4, 0.5) is 17.1 Å². The molecule has 0 spiro atoms. The Labute approximate surface area is 205 Å². The lowest BCUT2D eigenvalue weighted by atomic mass is 10.0. The number of benzene rings is 2. The van der Waals surface area contributed by atoms with E-state index in [0.29, 0.717) is 18.7 Å². The Morgan fingerprint density at radius 2 is 2.03 bits per heavy atom. The normalized spacial score (nSPS) is 14.9. The number of hydrogen-bond acceptors (Lipinski definition) is 8. The Hall–Kier alpha value is -3.58. The summed E-state index contributed by atoms with van der Waals surface area (Å²) in [7, 11) is 1.38. The van der Waals surface area contributed by atoms with Crippen molar-refractivity contribution in [3.05, 3.63) is 51.0 Å². The minimum absolute atomic E-state index is 0.153. The van der Waals surface area contributed by atoms with Crippen LogP contribution in [0.5, 0.6) is 0 Å². The van der Waals surface area contributed by atoms with E-state index in [1.165, 1.54) is 13.2 Å². The van der Waals surface area contributed by atoms with Gasteiger partial charge in [0.2, 0.25) is 0 Å². The predicted molar refractivity (Wildman–Crippen MR) is 128 cm³/mol. The molecule has 0 saturated carbocycles. The highest BCUT2D eigenvalue weighted by molar-refractivity contribution is 9.10. The van der Waals surface area contributed by atoms with Crippen molar-refractivity contribution in [2.45, 2.75) is 26.2 Å². The van der Waals surface area contributed by atoms with Crippen molar-refractivity contribution in [1.82, 2.24) is 4.90 Å². The zero-order valence-corrected chi connectivity index (χ0v) is 20.4. The van der Waals surface area contributed by atoms with Gasteiger partial charge in [-0.1, -0.05) is 0 Å². The molecule has 0 aliphatic carbocycles. The lowest BCUT2D eigenvalue weighted by Crippen LogP contribution is -2.31. The molecule has 9 nitrogen and oxygen atoms in total. The molecule has 0 unspecified atom stereocenters. The summed E-state index contributed by atoms with van der Waals surface area (Å²) in [6.45, 7) is 3.40. The number of imide groups is 1. The summed E-state index contributed by atoms with van der Waals surface area (Å²) in [6.07, 6.45) is 2.15. The number of rotatable bonds is 6. The van der Waals surface area contributed by atoms with Crippen LogP contribution in [0.25, 0.3) is 0 Å². The standard InChI is InChI=1S/C24H22BrN5O4/c1-3-30-23(32)17-12-15(13-26)22(21(25)20(17)24(30)33)28-27-16-6-7-18-14(11-16)5-4-9-29(18)10-8-19(31)34-2/h6-7,11-12H,3-5,8-10H2,1-2H3. The molecule has 0 atom stereocenters. The van der Waals surface area contributed by atoms with Crippen molar-refractivity contribution >= 4 is 50.8 Å². The van der Waals surface area contributed by atoms with E-state index >= 15 is 0 Å². The molecule has 0 aromatic heterocycles. The molecule has 0 bridgehead atoms. The quantitative estimate of drug-likeness (QED) is 0.308. The van der Waals surface area contributed by atoms with E-state index in [4.69, 9.17) is 4.74 Å². The van der Waals surface area contributed by atoms with Crippen LogP contribution in [0, 0.1) is 11.3 Å². The Bertz CT molecular complexity index is 1270. The SMILES string of the molecule is CCN1C(=O)c2cc(C#N)c(N=Nc3ccc4c(c3)CCCN4CCC(=O)OC)c(Br)c2C1=O. The second-order valence-corrected chi connectivity index (χ2v) is 8.70. The lowest BCUT2D eigenvalue weighted by molar-refractivity contribution is -0.140. The van der Waals surface area contributed by atoms with E-state index in [-0.39, 0.29) is 39.4 Å². The van der Waals surface area contributed by atoms with Crippen molar-refractivity contribution in [2.75, 3.05) is 31.6 Å². The number of nitriles is 1. The number of aryl methyl sites for hydroxylation is 1. The monoisotopic (exact) mass is 523 g/mol. The van der Waals surface area contributed by atoms with Gasteiger partial charge in [0, 0.05) is 25.3 Å². The van der Waals surface area contributed by atoms with E-state index in [0.717, 1.165) is 35.5 Å². The Morgan fingerprint density at radius 1 is 1.24 bits per heavy atom. The van der Waals surface area contributed by atoms with E-state index in [1.807, 2.05) is 24.3 Å². The maximum absolute atomic E-state index is 12.7. The van der Waals surface area contributed by atoms with Gasteiger partial charge in [-0.15, -0.1) is 5.11 Å². The molecule has 2 aromatic carbocycles. The van der Waals surface area contributed by atoms with Crippen molar-refractivity contribution in [3.8, 4) is 6.07 Å². The predicted octanol–water partition coefficient (Wildman–Crippen LogP) is 4.67. The summed E-state index contributed by atoms with van der Waals surface area (Å²) in [6, 6.07) is 9.15. The second-order valence-electron chi connectivity index (χ2n) is 7.91. The number of amides is 2. The number of ether oxygens (including phenoxy) is 1. The molecule has 34 heavy (non-hydrogen) atoms. The third kappa shape index (κ3) is 4.19. The van der Waals surface area contributed by atoms with Crippen LogP contribution in [0.1, 0.15) is 51.6 Å². The van der Waals surface area contributed by atoms with Gasteiger partial charge in [-0.05, 0) is 65.5 Å². The van der Waals surface area contributed by atoms with E-state index in [9.17, 15) is 19.6 Å². The summed E-state index contributed by atoms with van der Waals surface area (Å²) in [5, 5.41) is 18.2. The summed E-state index contributed by atoms with van der Waals surface area (Å²) in [5.74, 6) is -1.08. The van der Waals surface area contributed by atoms with Crippen molar-refractivity contribution < 1.29 is 19.1 Å². The summed E-state index contributed by atoms with van der Waals surface area (Å²) in [5.41, 5.74) is 3.50. The number of methoxy groups -OCH3 is 1. The van der Waals surface area contributed by atoms with Crippen molar-refractivity contribution in [1.29, 1.82) is 5.26 Å². The second kappa shape index (κ2) is 9.73. The van der Waals surface area contributed by atoms with Gasteiger partial charge < -0.3 is 9.64 Å². The highest BCUT2D eigenvalue weighted by Gasteiger charge is 2.38. The van der Waals surface area contributed by atoms with Crippen LogP contribution >= 0.6 is 15.9 Å². The number of anilines is 1. The van der Waals surface area contributed by atoms with Crippen molar-refractivity contribution in [3.63, 3.8) is 0 Å². The molecule has 2 aromatic rings. The average molecular weight is 524 g/mol. The number of fused-ring (bicyclic) bond motifs is 2. The van der Waals surface area contributed by atoms with Gasteiger partial charge in [-0.3, -0.25) is 19.3 Å². The van der Waals surface area contributed by atoms with E-state index < -0.39 is 11.8 Å². The Balaban J connectivity index is 1.64. The van der Waals surface area contributed by atoms with Gasteiger partial charge >= 0.3 is 5.97 Å². The molecule has 2 aliphatic heterocycles. The fourth-order valence-electron chi connectivity index (χ4n) is 4.25. The third-order valence-electron chi connectivity index (χ3n) is 5.97. The van der Waals surface area contributed by atoms with Crippen molar-refractivity contribution in [2.24, 2.45) is 10.2 Å². The molecular formula is C24H22BrN5O4. The first kappa shape index (κ1) is 23.6. The minimum atomic E-state index is -0.422. The number of esters is 1. The van der Waals surface area contributed by atoms with Gasteiger partial charge in [-0.25, -0.2) is 0 Å². The number of halogens is 1. The first-order chi connectivity index (χ1) is 16.4. The molecule has 0 radical (unpaired) electrons. The van der Waals surface area contributed by atoms with Gasteiger partial charge in [0.15, 0.2) is 0 Å². The minimum Gasteiger partial charge on any atom is -0.469 e. The molecule has 2 amide bonds. The summed E-state index contributed by atoms with van der Waals surface area (Å²) in [4.78, 5) is 40.0. The van der Waals surface area contributed by atoms with E-state index in [1.54, 1.807) is 6.92 Å². The fraction of sp³-hybridized carbons (Fsp3) is 0.333. The van der Waals surface area contributed by atoms with Gasteiger partial charge in [0.05, 0.1) is 40.4 Å². The molecule has 10 heteroatoms. The molecule has 0 N–H and O–H groups in total. The summed E-state index contributed by atoms with van der Waals surface area (Å²) < 4.78 is 5.03. The van der Waals surface area contributed by atoms with Gasteiger partial charge in [-0.2, -0.15) is 10.4 Å². The molecule has 2 heterocycles. The number of carbonyl (C=O) groups excluding carboxylic acids is 3. The van der Waals surface area contributed by atoms with Gasteiger partial charge in [0.1, 0.15) is 11.8 Å². The Kier molecular flexibility index (Phi) is 6.75. The lowest BCUT2D eigenvalue weighted by Gasteiger charge is -2.31. The molecule has 0 saturated heterocycles. The first-order valence-electron chi connectivity index (χ1n) is 10.9. The number of carbonyl (C=O) groups is 3. The maximum Gasteiger partial charge on any atom is 0.307 e. The fourth-order valence-corrected chi connectivity index (χ4v) is 4.93. The van der Waals surface area contributed by atoms with Crippen LogP contribution in [0.3, 0.4) is 0 Å². The molecule has 174 valence electrons. The Morgan fingerprint density at radius 3 is 2.74 bits per heavy atom. The summed E-state index contributed by atoms with van der Waals surface area (Å²) >= 11 is 3.38. The molecule has 4 rings (SSSR count). The van der Waals surface area contributed by atoms with Crippen LogP contribution in [-0.4, -0.2) is 49.4 Å². The number of nitrogens with zero attached hydrogens (tertiary/aromatic N) is 5. The van der Waals surface area contributed by atoms with Crippen LogP contribution in [-0.2, 0) is 16.0 Å². The highest BCUT2D eigenvalue weighted by atomic mass is 79.9. The third-order valence-corrected chi connectivity index (χ3v) is 6.74. The van der Waals surface area contributed by atoms with Crippen LogP contribution in [0.2, 0.25) is 0 Å². The topological polar surface area (TPSA) is 115 Å². The maximum atomic E-state index is 12.7. The first-order valence-corrected chi connectivity index (χ1v) is 11.7. The zero-order chi connectivity index (χ0) is 24.4. The number of hydrogen-bond donors (Lipinski definition) is 0. The van der Waals surface area contributed by atoms with Crippen LogP contribution < -0.4 is 4.90 Å². The average Bonchev–Trinajstić information content (AvgIpc) is 3.10. The van der Waals surface area contributed by atoms with Crippen LogP contribution in [0.15, 0.2) is 39.0 Å².